The average Bonchev–Trinajstić information content (AvgIpc) is 3.29. The van der Waals surface area contributed by atoms with Crippen molar-refractivity contribution in [3.8, 4) is 0 Å². The summed E-state index contributed by atoms with van der Waals surface area (Å²) in [6.07, 6.45) is 7.87. The largest absolute Gasteiger partial charge is 0.354 e. The van der Waals surface area contributed by atoms with Crippen molar-refractivity contribution in [3.63, 3.8) is 0 Å². The molecule has 0 bridgehead atoms. The summed E-state index contributed by atoms with van der Waals surface area (Å²) in [5.74, 6) is -0.336. The van der Waals surface area contributed by atoms with Gasteiger partial charge in [0.15, 0.2) is 0 Å². The molecule has 2 aromatic carbocycles. The molecule has 0 saturated carbocycles. The molecular weight excluding hydrogens is 444 g/mol. The van der Waals surface area contributed by atoms with Crippen molar-refractivity contribution in [2.45, 2.75) is 49.5 Å². The van der Waals surface area contributed by atoms with Gasteiger partial charge in [-0.05, 0) is 56.2 Å². The Morgan fingerprint density at radius 1 is 1.06 bits per heavy atom. The van der Waals surface area contributed by atoms with Crippen LogP contribution in [0.3, 0.4) is 0 Å². The van der Waals surface area contributed by atoms with Crippen LogP contribution in [0.2, 0.25) is 0 Å². The van der Waals surface area contributed by atoms with Gasteiger partial charge in [0, 0.05) is 6.54 Å². The van der Waals surface area contributed by atoms with Gasteiger partial charge >= 0.3 is 0 Å². The van der Waals surface area contributed by atoms with Crippen molar-refractivity contribution in [2.24, 2.45) is 0 Å². The molecule has 0 saturated heterocycles. The van der Waals surface area contributed by atoms with Gasteiger partial charge in [0.05, 0.1) is 11.7 Å². The Hall–Kier alpha value is -2.62. The highest BCUT2D eigenvalue weighted by molar-refractivity contribution is 7.89. The van der Waals surface area contributed by atoms with Crippen molar-refractivity contribution < 1.29 is 13.2 Å². The number of nitrogens with one attached hydrogen (secondary N) is 2. The van der Waals surface area contributed by atoms with Crippen LogP contribution in [0.15, 0.2) is 65.1 Å². The number of sulfonamides is 1. The van der Waals surface area contributed by atoms with E-state index in [-0.39, 0.29) is 17.2 Å². The van der Waals surface area contributed by atoms with Crippen LogP contribution in [0.1, 0.15) is 37.7 Å². The van der Waals surface area contributed by atoms with Gasteiger partial charge in [-0.25, -0.2) is 8.42 Å². The molecule has 1 atom stereocenters. The smallest absolute Gasteiger partial charge is 0.243 e. The molecule has 0 aliphatic heterocycles. The topological polar surface area (TPSA) is 101 Å². The Kier molecular flexibility index (Phi) is 7.29. The molecule has 168 valence electrons. The van der Waals surface area contributed by atoms with Crippen molar-refractivity contribution in [3.05, 3.63) is 65.7 Å². The summed E-state index contributed by atoms with van der Waals surface area (Å²) in [7, 11) is -3.98. The number of allylic oxidation sites excluding steroid dienone is 1. The molecule has 1 heterocycles. The Morgan fingerprint density at radius 3 is 2.69 bits per heavy atom. The first-order valence-electron chi connectivity index (χ1n) is 10.8. The maximum Gasteiger partial charge on any atom is 0.243 e. The Morgan fingerprint density at radius 2 is 1.91 bits per heavy atom. The summed E-state index contributed by atoms with van der Waals surface area (Å²) in [5, 5.41) is 2.92. The van der Waals surface area contributed by atoms with Crippen molar-refractivity contribution >= 4 is 38.7 Å². The van der Waals surface area contributed by atoms with E-state index in [1.165, 1.54) is 24.5 Å². The minimum absolute atomic E-state index is 0.0296. The molecule has 1 aliphatic carbocycles. The van der Waals surface area contributed by atoms with E-state index in [9.17, 15) is 13.2 Å². The minimum atomic E-state index is -3.98. The van der Waals surface area contributed by atoms with Gasteiger partial charge in [0.2, 0.25) is 15.9 Å². The number of hydrogen-bond donors (Lipinski definition) is 2. The minimum Gasteiger partial charge on any atom is -0.354 e. The maximum absolute atomic E-state index is 13.2. The second-order valence-corrected chi connectivity index (χ2v) is 10.1. The van der Waals surface area contributed by atoms with Gasteiger partial charge in [0.1, 0.15) is 22.0 Å². The predicted octanol–water partition coefficient (Wildman–Crippen LogP) is 3.59. The molecule has 0 unspecified atom stereocenters. The van der Waals surface area contributed by atoms with Gasteiger partial charge in [0.25, 0.3) is 0 Å². The SMILES string of the molecule is O=C(NCCC1=CCCCC1)[C@H](Cc1ccccc1)NS(=O)(=O)c1cccc2nsnc12. The highest BCUT2D eigenvalue weighted by Crippen LogP contribution is 2.22. The zero-order chi connectivity index (χ0) is 22.4. The Labute approximate surface area is 192 Å². The lowest BCUT2D eigenvalue weighted by molar-refractivity contribution is -0.122. The first-order chi connectivity index (χ1) is 15.5. The highest BCUT2D eigenvalue weighted by Gasteiger charge is 2.28. The van der Waals surface area contributed by atoms with Gasteiger partial charge < -0.3 is 5.32 Å². The number of carbonyl (C=O) groups is 1. The molecule has 0 spiro atoms. The van der Waals surface area contributed by atoms with Crippen LogP contribution in [0.25, 0.3) is 11.0 Å². The number of amides is 1. The zero-order valence-corrected chi connectivity index (χ0v) is 19.3. The Balaban J connectivity index is 1.51. The second-order valence-electron chi connectivity index (χ2n) is 7.90. The van der Waals surface area contributed by atoms with Crippen molar-refractivity contribution in [1.82, 2.24) is 18.8 Å². The number of rotatable bonds is 9. The first kappa shape index (κ1) is 22.6. The van der Waals surface area contributed by atoms with Crippen LogP contribution in [-0.2, 0) is 21.2 Å². The van der Waals surface area contributed by atoms with E-state index in [1.54, 1.807) is 12.1 Å². The zero-order valence-electron chi connectivity index (χ0n) is 17.7. The number of carbonyl (C=O) groups excluding carboxylic acids is 1. The summed E-state index contributed by atoms with van der Waals surface area (Å²) in [5.41, 5.74) is 3.06. The summed E-state index contributed by atoms with van der Waals surface area (Å²) < 4.78 is 37.3. The van der Waals surface area contributed by atoms with Gasteiger partial charge in [-0.2, -0.15) is 13.5 Å². The standard InChI is InChI=1S/C23H26N4O3S2/c28-23(24-15-14-17-8-3-1-4-9-17)20(16-18-10-5-2-6-11-18)27-32(29,30)21-13-7-12-19-22(21)26-31-25-19/h2,5-8,10-13,20,27H,1,3-4,9,14-16H2,(H,24,28)/t20-/m0/s1. The summed E-state index contributed by atoms with van der Waals surface area (Å²) in [4.78, 5) is 13.1. The third-order valence-electron chi connectivity index (χ3n) is 5.57. The molecule has 1 amide bonds. The number of hydrogen-bond acceptors (Lipinski definition) is 6. The van der Waals surface area contributed by atoms with Crippen LogP contribution in [0.5, 0.6) is 0 Å². The molecule has 0 fully saturated rings. The highest BCUT2D eigenvalue weighted by atomic mass is 32.2. The van der Waals surface area contributed by atoms with E-state index < -0.39 is 16.1 Å². The van der Waals surface area contributed by atoms with Crippen LogP contribution in [0, 0.1) is 0 Å². The van der Waals surface area contributed by atoms with E-state index in [0.717, 1.165) is 36.6 Å². The van der Waals surface area contributed by atoms with E-state index >= 15 is 0 Å². The molecule has 2 N–H and O–H groups in total. The fraction of sp³-hybridized carbons (Fsp3) is 0.348. The van der Waals surface area contributed by atoms with Gasteiger partial charge in [-0.1, -0.05) is 48.0 Å². The molecule has 32 heavy (non-hydrogen) atoms. The van der Waals surface area contributed by atoms with Crippen LogP contribution in [-0.4, -0.2) is 35.7 Å². The lowest BCUT2D eigenvalue weighted by Gasteiger charge is -2.19. The lowest BCUT2D eigenvalue weighted by Crippen LogP contribution is -2.48. The van der Waals surface area contributed by atoms with E-state index in [4.69, 9.17) is 0 Å². The van der Waals surface area contributed by atoms with E-state index in [0.29, 0.717) is 17.6 Å². The van der Waals surface area contributed by atoms with Crippen LogP contribution < -0.4 is 10.0 Å². The summed E-state index contributed by atoms with van der Waals surface area (Å²) >= 11 is 0.959. The number of benzene rings is 2. The fourth-order valence-electron chi connectivity index (χ4n) is 3.89. The molecule has 1 aliphatic rings. The van der Waals surface area contributed by atoms with Crippen molar-refractivity contribution in [2.75, 3.05) is 6.54 Å². The van der Waals surface area contributed by atoms with E-state index in [1.807, 2.05) is 30.3 Å². The van der Waals surface area contributed by atoms with Gasteiger partial charge in [-0.3, -0.25) is 4.79 Å². The van der Waals surface area contributed by atoms with E-state index in [2.05, 4.69) is 24.9 Å². The summed E-state index contributed by atoms with van der Waals surface area (Å²) in [6, 6.07) is 13.3. The third-order valence-corrected chi connectivity index (χ3v) is 7.61. The molecule has 3 aromatic rings. The first-order valence-corrected chi connectivity index (χ1v) is 13.0. The van der Waals surface area contributed by atoms with Crippen molar-refractivity contribution in [1.29, 1.82) is 0 Å². The average molecular weight is 471 g/mol. The fourth-order valence-corrected chi connectivity index (χ4v) is 5.85. The lowest BCUT2D eigenvalue weighted by atomic mass is 9.97. The number of nitrogens with zero attached hydrogens (tertiary/aromatic N) is 2. The molecule has 7 nitrogen and oxygen atoms in total. The van der Waals surface area contributed by atoms with Crippen LogP contribution in [0.4, 0.5) is 0 Å². The quantitative estimate of drug-likeness (QED) is 0.466. The predicted molar refractivity (Wildman–Crippen MR) is 126 cm³/mol. The van der Waals surface area contributed by atoms with Gasteiger partial charge in [-0.15, -0.1) is 0 Å². The monoisotopic (exact) mass is 470 g/mol. The molecule has 0 radical (unpaired) electrons. The maximum atomic E-state index is 13.2. The normalized spacial score (nSPS) is 15.3. The number of fused-ring (bicyclic) bond motifs is 1. The second kappa shape index (κ2) is 10.3. The van der Waals surface area contributed by atoms with Crippen LogP contribution >= 0.6 is 11.7 Å². The Bertz CT molecular complexity index is 1210. The molecule has 1 aromatic heterocycles. The third kappa shape index (κ3) is 5.59. The molecular formula is C23H26N4O3S2. The molecule has 4 rings (SSSR count). The molecule has 9 heteroatoms. The number of aromatic nitrogens is 2. The summed E-state index contributed by atoms with van der Waals surface area (Å²) in [6.45, 7) is 0.489.